The number of rotatable bonds is 4. The molecule has 0 spiro atoms. The van der Waals surface area contributed by atoms with Crippen LogP contribution in [-0.2, 0) is 12.6 Å². The molecule has 0 saturated heterocycles. The Balaban J connectivity index is 1.72. The van der Waals surface area contributed by atoms with E-state index in [0.29, 0.717) is 47.0 Å². The Morgan fingerprint density at radius 3 is 2.52 bits per heavy atom. The fourth-order valence-electron chi connectivity index (χ4n) is 3.38. The van der Waals surface area contributed by atoms with E-state index < -0.39 is 11.7 Å². The van der Waals surface area contributed by atoms with Gasteiger partial charge in [0, 0.05) is 22.8 Å². The number of nitrogens with one attached hydrogen (secondary N) is 2. The first-order valence-electron chi connectivity index (χ1n) is 9.62. The van der Waals surface area contributed by atoms with Gasteiger partial charge in [-0.3, -0.25) is 4.79 Å². The van der Waals surface area contributed by atoms with E-state index in [2.05, 4.69) is 20.6 Å². The molecule has 9 heteroatoms. The Bertz CT molecular complexity index is 1160. The molecule has 0 unspecified atom stereocenters. The number of alkyl halides is 3. The van der Waals surface area contributed by atoms with E-state index >= 15 is 0 Å². The maximum Gasteiger partial charge on any atom is 0.416 e. The van der Waals surface area contributed by atoms with Gasteiger partial charge < -0.3 is 10.6 Å². The molecule has 0 atom stereocenters. The molecule has 3 aromatic rings. The molecule has 1 heterocycles. The summed E-state index contributed by atoms with van der Waals surface area (Å²) in [6, 6.07) is 10.1. The molecule has 0 saturated carbocycles. The minimum absolute atomic E-state index is 0.0763. The summed E-state index contributed by atoms with van der Waals surface area (Å²) in [5.74, 6) is 0.324. The van der Waals surface area contributed by atoms with Crippen LogP contribution in [-0.4, -0.2) is 15.8 Å². The maximum absolute atomic E-state index is 13.0. The molecule has 2 aromatic carbocycles. The molecular weight excluding hydrogens is 429 g/mol. The number of anilines is 4. The Morgan fingerprint density at radius 1 is 1.00 bits per heavy atom. The van der Waals surface area contributed by atoms with Gasteiger partial charge in [0.15, 0.2) is 5.78 Å². The average molecular weight is 447 g/mol. The number of carbonyl (C=O) groups excluding carboxylic acids is 1. The third kappa shape index (κ3) is 4.64. The van der Waals surface area contributed by atoms with Crippen LogP contribution >= 0.6 is 11.6 Å². The largest absolute Gasteiger partial charge is 0.416 e. The number of aryl methyl sites for hydroxylation is 2. The van der Waals surface area contributed by atoms with E-state index in [1.54, 1.807) is 6.07 Å². The van der Waals surface area contributed by atoms with E-state index in [-0.39, 0.29) is 17.4 Å². The summed E-state index contributed by atoms with van der Waals surface area (Å²) in [4.78, 5) is 21.3. The van der Waals surface area contributed by atoms with Crippen LogP contribution < -0.4 is 10.6 Å². The number of benzene rings is 2. The van der Waals surface area contributed by atoms with E-state index in [0.717, 1.165) is 17.7 Å². The first-order chi connectivity index (χ1) is 14.7. The second-order valence-electron chi connectivity index (χ2n) is 7.29. The summed E-state index contributed by atoms with van der Waals surface area (Å²) >= 11 is 6.20. The molecule has 1 aliphatic rings. The van der Waals surface area contributed by atoms with Gasteiger partial charge in [-0.25, -0.2) is 4.98 Å². The predicted molar refractivity (Wildman–Crippen MR) is 113 cm³/mol. The lowest BCUT2D eigenvalue weighted by Gasteiger charge is -2.19. The third-order valence-corrected chi connectivity index (χ3v) is 5.37. The van der Waals surface area contributed by atoms with Crippen LogP contribution in [0, 0.1) is 6.92 Å². The smallest absolute Gasteiger partial charge is 0.339 e. The van der Waals surface area contributed by atoms with Crippen molar-refractivity contribution in [2.75, 3.05) is 10.6 Å². The van der Waals surface area contributed by atoms with Crippen molar-refractivity contribution in [2.24, 2.45) is 0 Å². The number of ketones is 1. The summed E-state index contributed by atoms with van der Waals surface area (Å²) < 4.78 is 39.1. The van der Waals surface area contributed by atoms with Crippen LogP contribution in [0.1, 0.15) is 40.0 Å². The molecule has 4 rings (SSSR count). The van der Waals surface area contributed by atoms with Crippen LogP contribution in [0.2, 0.25) is 5.02 Å². The van der Waals surface area contributed by atoms with Crippen molar-refractivity contribution in [1.82, 2.24) is 9.97 Å². The summed E-state index contributed by atoms with van der Waals surface area (Å²) in [7, 11) is 0. The van der Waals surface area contributed by atoms with Gasteiger partial charge in [-0.05, 0) is 55.7 Å². The van der Waals surface area contributed by atoms with Gasteiger partial charge in [0.25, 0.3) is 0 Å². The van der Waals surface area contributed by atoms with E-state index in [9.17, 15) is 18.0 Å². The molecule has 0 radical (unpaired) electrons. The molecular formula is C22H18ClF3N4O. The fourth-order valence-corrected chi connectivity index (χ4v) is 3.56. The van der Waals surface area contributed by atoms with Crippen LogP contribution in [0.15, 0.2) is 42.5 Å². The zero-order chi connectivity index (χ0) is 22.2. The summed E-state index contributed by atoms with van der Waals surface area (Å²) in [6.45, 7) is 1.87. The number of fused-ring (bicyclic) bond motifs is 1. The van der Waals surface area contributed by atoms with Crippen LogP contribution in [0.5, 0.6) is 0 Å². The van der Waals surface area contributed by atoms with E-state index in [4.69, 9.17) is 11.6 Å². The summed E-state index contributed by atoms with van der Waals surface area (Å²) in [5.41, 5.74) is 1.92. The molecule has 5 nitrogen and oxygen atoms in total. The zero-order valence-electron chi connectivity index (χ0n) is 16.5. The molecule has 0 bridgehead atoms. The molecule has 0 aliphatic heterocycles. The minimum Gasteiger partial charge on any atom is -0.339 e. The van der Waals surface area contributed by atoms with Crippen molar-refractivity contribution in [1.29, 1.82) is 0 Å². The highest BCUT2D eigenvalue weighted by molar-refractivity contribution is 6.31. The van der Waals surface area contributed by atoms with Crippen molar-refractivity contribution in [3.8, 4) is 0 Å². The Hall–Kier alpha value is -3.13. The predicted octanol–water partition coefficient (Wildman–Crippen LogP) is 6.46. The highest BCUT2D eigenvalue weighted by Gasteiger charge is 2.30. The number of carbonyl (C=O) groups is 1. The molecule has 160 valence electrons. The number of aromatic nitrogens is 2. The molecule has 1 aliphatic carbocycles. The molecule has 2 N–H and O–H groups in total. The lowest BCUT2D eigenvalue weighted by Crippen LogP contribution is -2.18. The van der Waals surface area contributed by atoms with E-state index in [1.807, 2.05) is 19.1 Å². The number of halogens is 4. The van der Waals surface area contributed by atoms with Gasteiger partial charge in [-0.2, -0.15) is 18.2 Å². The maximum atomic E-state index is 13.0. The van der Waals surface area contributed by atoms with Gasteiger partial charge in [0.1, 0.15) is 5.82 Å². The average Bonchev–Trinajstić information content (AvgIpc) is 2.70. The number of hydrogen-bond acceptors (Lipinski definition) is 5. The standard InChI is InChI=1S/C22H18ClF3N4O/c1-12-8-9-15(11-16(12)23)27-20-19-17(6-3-7-18(19)31)29-21(30-20)28-14-5-2-4-13(10-14)22(24,25)26/h2,4-5,8-11H,3,6-7H2,1H3,(H2,27,28,29,30). The first kappa shape index (κ1) is 21.1. The zero-order valence-corrected chi connectivity index (χ0v) is 17.2. The van der Waals surface area contributed by atoms with Crippen molar-refractivity contribution in [2.45, 2.75) is 32.4 Å². The van der Waals surface area contributed by atoms with Gasteiger partial charge in [0.2, 0.25) is 5.95 Å². The van der Waals surface area contributed by atoms with Crippen molar-refractivity contribution < 1.29 is 18.0 Å². The number of Topliss-reactive ketones (excluding diaryl/α,β-unsaturated/α-hetero) is 1. The number of nitrogens with zero attached hydrogens (tertiary/aromatic N) is 2. The second kappa shape index (κ2) is 8.19. The highest BCUT2D eigenvalue weighted by atomic mass is 35.5. The quantitative estimate of drug-likeness (QED) is 0.481. The molecule has 1 aromatic heterocycles. The Kier molecular flexibility index (Phi) is 5.58. The second-order valence-corrected chi connectivity index (χ2v) is 7.69. The van der Waals surface area contributed by atoms with Crippen molar-refractivity contribution in [3.05, 3.63) is 69.9 Å². The van der Waals surface area contributed by atoms with Crippen LogP contribution in [0.25, 0.3) is 0 Å². The lowest BCUT2D eigenvalue weighted by atomic mass is 9.95. The van der Waals surface area contributed by atoms with Crippen LogP contribution in [0.3, 0.4) is 0 Å². The molecule has 31 heavy (non-hydrogen) atoms. The lowest BCUT2D eigenvalue weighted by molar-refractivity contribution is -0.137. The summed E-state index contributed by atoms with van der Waals surface area (Å²) in [6.07, 6.45) is -2.84. The monoisotopic (exact) mass is 446 g/mol. The molecule has 0 fully saturated rings. The van der Waals surface area contributed by atoms with Gasteiger partial charge in [0.05, 0.1) is 16.8 Å². The summed E-state index contributed by atoms with van der Waals surface area (Å²) in [5, 5.41) is 6.50. The van der Waals surface area contributed by atoms with Crippen molar-refractivity contribution in [3.63, 3.8) is 0 Å². The van der Waals surface area contributed by atoms with Gasteiger partial charge >= 0.3 is 6.18 Å². The minimum atomic E-state index is -4.46. The number of hydrogen-bond donors (Lipinski definition) is 2. The Labute approximate surface area is 181 Å². The fraction of sp³-hybridized carbons (Fsp3) is 0.227. The SMILES string of the molecule is Cc1ccc(Nc2nc(Nc3cccc(C(F)(F)F)c3)nc3c2C(=O)CCC3)cc1Cl. The Morgan fingerprint density at radius 2 is 1.77 bits per heavy atom. The normalized spacial score (nSPS) is 13.6. The van der Waals surface area contributed by atoms with Gasteiger partial charge in [-0.15, -0.1) is 0 Å². The van der Waals surface area contributed by atoms with Gasteiger partial charge in [-0.1, -0.05) is 23.7 Å². The van der Waals surface area contributed by atoms with Crippen molar-refractivity contribution >= 4 is 40.5 Å². The topological polar surface area (TPSA) is 66.9 Å². The third-order valence-electron chi connectivity index (χ3n) is 4.96. The molecule has 0 amide bonds. The van der Waals surface area contributed by atoms with Crippen LogP contribution in [0.4, 0.5) is 36.3 Å². The van der Waals surface area contributed by atoms with E-state index in [1.165, 1.54) is 12.1 Å². The highest BCUT2D eigenvalue weighted by Crippen LogP contribution is 2.33. The first-order valence-corrected chi connectivity index (χ1v) is 10.00.